The number of esters is 1. The third kappa shape index (κ3) is 11.5. The number of carbonyl (C=O) groups is 1. The Kier molecular flexibility index (Phi) is 8.26. The highest BCUT2D eigenvalue weighted by Crippen LogP contribution is 2.11. The highest BCUT2D eigenvalue weighted by molar-refractivity contribution is 5.69. The normalized spacial score (nSPS) is 13.2. The van der Waals surface area contributed by atoms with Crippen LogP contribution in [0, 0.1) is 0 Å². The predicted octanol–water partition coefficient (Wildman–Crippen LogP) is 3.56. The molecule has 0 saturated carbocycles. The summed E-state index contributed by atoms with van der Waals surface area (Å²) in [5.41, 5.74) is -0.364. The first-order valence-electron chi connectivity index (χ1n) is 6.60. The summed E-state index contributed by atoms with van der Waals surface area (Å²) in [5.74, 6) is -0.104. The van der Waals surface area contributed by atoms with Crippen LogP contribution in [0.15, 0.2) is 0 Å². The average Bonchev–Trinajstić information content (AvgIpc) is 2.24. The predicted molar refractivity (Wildman–Crippen MR) is 67.5 cm³/mol. The summed E-state index contributed by atoms with van der Waals surface area (Å²) in [4.78, 5) is 11.3. The fourth-order valence-corrected chi connectivity index (χ4v) is 1.21. The lowest BCUT2D eigenvalue weighted by Gasteiger charge is -2.19. The molecule has 3 heteroatoms. The number of ether oxygens (including phenoxy) is 2. The lowest BCUT2D eigenvalue weighted by atomic mass is 10.1. The first-order valence-corrected chi connectivity index (χ1v) is 5.60. The Bertz CT molecular complexity index is 188. The molecule has 0 aromatic heterocycles. The second-order valence-electron chi connectivity index (χ2n) is 4.88. The summed E-state index contributed by atoms with van der Waals surface area (Å²) in [6, 6.07) is 0. The van der Waals surface area contributed by atoms with E-state index >= 15 is 0 Å². The van der Waals surface area contributed by atoms with Crippen LogP contribution >= 0.6 is 0 Å². The molecular formula is C13H28O3. The van der Waals surface area contributed by atoms with Gasteiger partial charge in [0.15, 0.2) is 0 Å². The minimum Gasteiger partial charge on any atom is -0.460 e. The number of hydrogen-bond donors (Lipinski definition) is 0. The van der Waals surface area contributed by atoms with Crippen LogP contribution in [-0.4, -0.2) is 24.8 Å². The second-order valence-corrected chi connectivity index (χ2v) is 4.88. The van der Waals surface area contributed by atoms with Crippen LogP contribution in [0.1, 0.15) is 62.2 Å². The zero-order valence-corrected chi connectivity index (χ0v) is 11.6. The van der Waals surface area contributed by atoms with Gasteiger partial charge in [0.1, 0.15) is 5.60 Å². The topological polar surface area (TPSA) is 35.5 Å². The standard InChI is InChI=1S/C12H24O3.CH4/c1-10(14-5)8-6-7-9-11(13)15-12(2,3)4;/h10H,6-9H2,1-5H3;1H4/i;1D. The zero-order valence-electron chi connectivity index (χ0n) is 12.6. The minimum atomic E-state index is -0.364. The van der Waals surface area contributed by atoms with Crippen molar-refractivity contribution in [3.8, 4) is 0 Å². The van der Waals surface area contributed by atoms with Gasteiger partial charge in [-0.3, -0.25) is 4.79 Å². The van der Waals surface area contributed by atoms with Gasteiger partial charge < -0.3 is 9.47 Å². The summed E-state index contributed by atoms with van der Waals surface area (Å²) in [7, 11) is 2.96. The van der Waals surface area contributed by atoms with Crippen molar-refractivity contribution in [2.45, 2.75) is 72.5 Å². The van der Waals surface area contributed by atoms with Gasteiger partial charge in [-0.15, -0.1) is 0 Å². The Hall–Kier alpha value is -0.570. The monoisotopic (exact) mass is 233 g/mol. The molecule has 3 nitrogen and oxygen atoms in total. The van der Waals surface area contributed by atoms with Gasteiger partial charge in [-0.05, 0) is 40.5 Å². The Balaban J connectivity index is 0. The van der Waals surface area contributed by atoms with Crippen molar-refractivity contribution in [1.29, 1.82) is 0 Å². The van der Waals surface area contributed by atoms with Crippen LogP contribution in [0.5, 0.6) is 0 Å². The summed E-state index contributed by atoms with van der Waals surface area (Å²) in [6.45, 7) is 7.70. The van der Waals surface area contributed by atoms with E-state index in [1.54, 1.807) is 7.11 Å². The maximum atomic E-state index is 11.3. The molecule has 1 atom stereocenters. The number of methoxy groups -OCH3 is 1. The zero-order chi connectivity index (χ0) is 13.9. The number of unbranched alkanes of at least 4 members (excludes halogenated alkanes) is 1. The molecule has 0 radical (unpaired) electrons. The van der Waals surface area contributed by atoms with E-state index in [-0.39, 0.29) is 17.7 Å². The fraction of sp³-hybridized carbons (Fsp3) is 0.923. The maximum absolute atomic E-state index is 11.3. The largest absolute Gasteiger partial charge is 0.460 e. The first-order chi connectivity index (χ1) is 7.85. The van der Waals surface area contributed by atoms with Gasteiger partial charge in [0.2, 0.25) is 0 Å². The quantitative estimate of drug-likeness (QED) is 0.520. The Morgan fingerprint density at radius 3 is 2.38 bits per heavy atom. The Labute approximate surface area is 102 Å². The van der Waals surface area contributed by atoms with E-state index in [4.69, 9.17) is 10.8 Å². The van der Waals surface area contributed by atoms with E-state index in [1.165, 1.54) is 7.40 Å². The van der Waals surface area contributed by atoms with Crippen molar-refractivity contribution in [2.24, 2.45) is 0 Å². The summed E-state index contributed by atoms with van der Waals surface area (Å²) in [6.07, 6.45) is 3.67. The van der Waals surface area contributed by atoms with Crippen LogP contribution in [0.25, 0.3) is 0 Å². The summed E-state index contributed by atoms with van der Waals surface area (Å²) >= 11 is 0. The molecule has 0 rings (SSSR count). The highest BCUT2D eigenvalue weighted by Gasteiger charge is 2.15. The van der Waals surface area contributed by atoms with Crippen LogP contribution in [0.3, 0.4) is 0 Å². The Morgan fingerprint density at radius 1 is 1.38 bits per heavy atom. The van der Waals surface area contributed by atoms with Crippen molar-refractivity contribution < 1.29 is 15.6 Å². The van der Waals surface area contributed by atoms with E-state index in [9.17, 15) is 4.79 Å². The number of carbonyl (C=O) groups excluding carboxylic acids is 1. The molecule has 1 unspecified atom stereocenters. The molecule has 0 saturated heterocycles. The van der Waals surface area contributed by atoms with Crippen LogP contribution in [0.4, 0.5) is 0 Å². The van der Waals surface area contributed by atoms with Crippen molar-refractivity contribution >= 4 is 5.97 Å². The highest BCUT2D eigenvalue weighted by atomic mass is 16.6. The van der Waals surface area contributed by atoms with E-state index in [0.29, 0.717) is 6.42 Å². The molecule has 0 N–H and O–H groups in total. The SMILES string of the molecule is COC(C)CCCCC(=O)OC(C)(C)C.[2H]C. The molecule has 0 amide bonds. The number of hydrogen-bond acceptors (Lipinski definition) is 3. The molecule has 0 spiro atoms. The molecular weight excluding hydrogens is 204 g/mol. The van der Waals surface area contributed by atoms with Crippen LogP contribution in [-0.2, 0) is 14.3 Å². The van der Waals surface area contributed by atoms with E-state index in [0.717, 1.165) is 19.3 Å². The minimum absolute atomic E-state index is 0.104. The lowest BCUT2D eigenvalue weighted by Crippen LogP contribution is -2.23. The van der Waals surface area contributed by atoms with Gasteiger partial charge in [0.25, 0.3) is 0 Å². The molecule has 0 bridgehead atoms. The lowest BCUT2D eigenvalue weighted by molar-refractivity contribution is -0.154. The van der Waals surface area contributed by atoms with Gasteiger partial charge in [-0.1, -0.05) is 13.8 Å². The third-order valence-corrected chi connectivity index (χ3v) is 2.06. The maximum Gasteiger partial charge on any atom is 0.306 e. The van der Waals surface area contributed by atoms with Crippen molar-refractivity contribution in [3.63, 3.8) is 0 Å². The molecule has 0 aliphatic rings. The molecule has 98 valence electrons. The van der Waals surface area contributed by atoms with Gasteiger partial charge in [-0.2, -0.15) is 0 Å². The summed E-state index contributed by atoms with van der Waals surface area (Å²) < 4.78 is 16.1. The van der Waals surface area contributed by atoms with Crippen molar-refractivity contribution in [3.05, 3.63) is 0 Å². The number of rotatable bonds is 6. The average molecular weight is 233 g/mol. The molecule has 0 aromatic rings. The van der Waals surface area contributed by atoms with Gasteiger partial charge in [0.05, 0.1) is 6.10 Å². The molecule has 0 aliphatic carbocycles. The van der Waals surface area contributed by atoms with E-state index in [2.05, 4.69) is 0 Å². The van der Waals surface area contributed by atoms with E-state index < -0.39 is 0 Å². The van der Waals surface area contributed by atoms with E-state index in [1.807, 2.05) is 27.7 Å². The molecule has 0 fully saturated rings. The molecule has 16 heavy (non-hydrogen) atoms. The molecule has 0 heterocycles. The summed E-state index contributed by atoms with van der Waals surface area (Å²) in [5, 5.41) is 0. The third-order valence-electron chi connectivity index (χ3n) is 2.06. The first kappa shape index (κ1) is 15.4. The Morgan fingerprint density at radius 2 is 1.94 bits per heavy atom. The van der Waals surface area contributed by atoms with Crippen LogP contribution in [0.2, 0.25) is 0 Å². The smallest absolute Gasteiger partial charge is 0.306 e. The fourth-order valence-electron chi connectivity index (χ4n) is 1.21. The van der Waals surface area contributed by atoms with Crippen LogP contribution < -0.4 is 0 Å². The molecule has 0 aliphatic heterocycles. The van der Waals surface area contributed by atoms with Gasteiger partial charge in [-0.25, -0.2) is 0 Å². The second kappa shape index (κ2) is 8.57. The van der Waals surface area contributed by atoms with Gasteiger partial charge >= 0.3 is 5.97 Å². The van der Waals surface area contributed by atoms with Gasteiger partial charge in [0, 0.05) is 14.9 Å². The van der Waals surface area contributed by atoms with Crippen molar-refractivity contribution in [1.82, 2.24) is 0 Å². The van der Waals surface area contributed by atoms with Crippen molar-refractivity contribution in [2.75, 3.05) is 7.11 Å². The molecule has 0 aromatic carbocycles.